The number of nitrogens with one attached hydrogen (secondary N) is 1. The molecule has 8 heteroatoms. The molecule has 0 spiro atoms. The Balaban J connectivity index is 1.90. The highest BCUT2D eigenvalue weighted by Gasteiger charge is 2.33. The second kappa shape index (κ2) is 12.5. The third-order valence-electron chi connectivity index (χ3n) is 5.88. The molecule has 6 nitrogen and oxygen atoms in total. The minimum absolute atomic E-state index is 0.121. The molecule has 2 rings (SSSR count). The number of aromatic nitrogens is 1. The minimum atomic E-state index is -0.356. The Morgan fingerprint density at radius 3 is 2.60 bits per heavy atom. The molecule has 1 aliphatic rings. The first-order valence-corrected chi connectivity index (χ1v) is 11.8. The molecule has 1 unspecified atom stereocenters. The van der Waals surface area contributed by atoms with Crippen molar-refractivity contribution in [1.29, 1.82) is 0 Å². The zero-order valence-electron chi connectivity index (χ0n) is 18.1. The van der Waals surface area contributed by atoms with Crippen molar-refractivity contribution in [3.63, 3.8) is 0 Å². The number of likely N-dealkylation sites (tertiary alicyclic amines) is 1. The fourth-order valence-electron chi connectivity index (χ4n) is 4.06. The summed E-state index contributed by atoms with van der Waals surface area (Å²) in [5, 5.41) is 3.36. The van der Waals surface area contributed by atoms with E-state index in [-0.39, 0.29) is 27.7 Å². The molecule has 1 atom stereocenters. The SMILES string of the molecule is CCCC(CC)COC(=O)C[N+]1(CCNC(=O)c2nc(Cl)ccc2Cl)CCCCC1. The third kappa shape index (κ3) is 7.71. The van der Waals surface area contributed by atoms with Gasteiger partial charge in [-0.05, 0) is 43.7 Å². The van der Waals surface area contributed by atoms with Gasteiger partial charge >= 0.3 is 5.97 Å². The number of ether oxygens (including phenoxy) is 1. The Morgan fingerprint density at radius 2 is 1.93 bits per heavy atom. The standard InChI is InChI=1S/C22H33Cl2N3O3/c1-3-8-17(4-2)16-30-20(28)15-27(12-6-5-7-13-27)14-11-25-22(29)21-18(23)9-10-19(24)26-21/h9-10,17H,3-8,11-16H2,1-2H3/p+1. The van der Waals surface area contributed by atoms with Crippen LogP contribution in [0.3, 0.4) is 0 Å². The molecule has 1 saturated heterocycles. The van der Waals surface area contributed by atoms with Crippen LogP contribution in [-0.2, 0) is 9.53 Å². The van der Waals surface area contributed by atoms with Gasteiger partial charge in [0.1, 0.15) is 10.8 Å². The van der Waals surface area contributed by atoms with Crippen LogP contribution in [0.15, 0.2) is 12.1 Å². The molecule has 0 bridgehead atoms. The molecule has 1 aromatic heterocycles. The van der Waals surface area contributed by atoms with Crippen molar-refractivity contribution in [2.45, 2.75) is 52.4 Å². The number of nitrogens with zero attached hydrogens (tertiary/aromatic N) is 2. The maximum Gasteiger partial charge on any atom is 0.361 e. The lowest BCUT2D eigenvalue weighted by Gasteiger charge is -2.40. The van der Waals surface area contributed by atoms with Crippen molar-refractivity contribution in [1.82, 2.24) is 10.3 Å². The van der Waals surface area contributed by atoms with Crippen LogP contribution in [-0.4, -0.2) is 60.7 Å². The van der Waals surface area contributed by atoms with Gasteiger partial charge in [0.25, 0.3) is 5.91 Å². The van der Waals surface area contributed by atoms with Gasteiger partial charge in [-0.15, -0.1) is 0 Å². The lowest BCUT2D eigenvalue weighted by molar-refractivity contribution is -0.924. The highest BCUT2D eigenvalue weighted by Crippen LogP contribution is 2.20. The number of amides is 1. The van der Waals surface area contributed by atoms with Crippen molar-refractivity contribution in [2.24, 2.45) is 5.92 Å². The smallest absolute Gasteiger partial charge is 0.361 e. The van der Waals surface area contributed by atoms with Gasteiger partial charge in [-0.1, -0.05) is 49.9 Å². The minimum Gasteiger partial charge on any atom is -0.461 e. The van der Waals surface area contributed by atoms with E-state index in [0.29, 0.717) is 36.6 Å². The molecule has 0 saturated carbocycles. The first-order valence-electron chi connectivity index (χ1n) is 11.0. The fraction of sp³-hybridized carbons (Fsp3) is 0.682. The van der Waals surface area contributed by atoms with Gasteiger partial charge in [0.2, 0.25) is 0 Å². The van der Waals surface area contributed by atoms with E-state index in [1.54, 1.807) is 12.1 Å². The van der Waals surface area contributed by atoms with Crippen molar-refractivity contribution < 1.29 is 18.8 Å². The van der Waals surface area contributed by atoms with E-state index in [9.17, 15) is 9.59 Å². The number of halogens is 2. The van der Waals surface area contributed by atoms with E-state index < -0.39 is 0 Å². The van der Waals surface area contributed by atoms with E-state index in [1.165, 1.54) is 6.42 Å². The van der Waals surface area contributed by atoms with Gasteiger partial charge in [-0.3, -0.25) is 4.79 Å². The number of esters is 1. The van der Waals surface area contributed by atoms with Crippen molar-refractivity contribution >= 4 is 35.1 Å². The number of carbonyl (C=O) groups excluding carboxylic acids is 2. The number of pyridine rings is 1. The van der Waals surface area contributed by atoms with E-state index in [0.717, 1.165) is 45.2 Å². The molecular weight excluding hydrogens is 425 g/mol. The van der Waals surface area contributed by atoms with Crippen LogP contribution in [0.1, 0.15) is 62.9 Å². The maximum atomic E-state index is 12.6. The van der Waals surface area contributed by atoms with Crippen LogP contribution in [0, 0.1) is 5.92 Å². The van der Waals surface area contributed by atoms with E-state index in [4.69, 9.17) is 27.9 Å². The van der Waals surface area contributed by atoms with Gasteiger partial charge in [0.05, 0.1) is 37.8 Å². The van der Waals surface area contributed by atoms with Crippen molar-refractivity contribution in [2.75, 3.05) is 39.3 Å². The average Bonchev–Trinajstić information content (AvgIpc) is 2.73. The Hall–Kier alpha value is -1.37. The summed E-state index contributed by atoms with van der Waals surface area (Å²) in [6.45, 7) is 8.10. The molecule has 168 valence electrons. The number of rotatable bonds is 11. The summed E-state index contributed by atoms with van der Waals surface area (Å²) in [6, 6.07) is 3.10. The molecule has 1 fully saturated rings. The van der Waals surface area contributed by atoms with Crippen LogP contribution in [0.4, 0.5) is 0 Å². The van der Waals surface area contributed by atoms with Crippen LogP contribution in [0.25, 0.3) is 0 Å². The number of hydrogen-bond donors (Lipinski definition) is 1. The summed E-state index contributed by atoms with van der Waals surface area (Å²) in [7, 11) is 0. The zero-order chi connectivity index (χ0) is 22.0. The molecule has 1 aliphatic heterocycles. The molecular formula is C22H34Cl2N3O3+. The van der Waals surface area contributed by atoms with Gasteiger partial charge in [0.15, 0.2) is 6.54 Å². The molecule has 1 N–H and O–H groups in total. The average molecular weight is 459 g/mol. The second-order valence-corrected chi connectivity index (χ2v) is 8.99. The first-order chi connectivity index (χ1) is 14.4. The summed E-state index contributed by atoms with van der Waals surface area (Å²) in [6.07, 6.45) is 6.54. The highest BCUT2D eigenvalue weighted by atomic mass is 35.5. The summed E-state index contributed by atoms with van der Waals surface area (Å²) in [5.41, 5.74) is 0.121. The number of hydrogen-bond acceptors (Lipinski definition) is 4. The first kappa shape index (κ1) is 24.9. The summed E-state index contributed by atoms with van der Waals surface area (Å²) >= 11 is 11.9. The van der Waals surface area contributed by atoms with Crippen LogP contribution < -0.4 is 5.32 Å². The molecule has 2 heterocycles. The normalized spacial score (nSPS) is 16.7. The quantitative estimate of drug-likeness (QED) is 0.301. The summed E-state index contributed by atoms with van der Waals surface area (Å²) < 4.78 is 6.27. The number of quaternary nitrogens is 1. The number of carbonyl (C=O) groups is 2. The van der Waals surface area contributed by atoms with Crippen molar-refractivity contribution in [3.05, 3.63) is 28.0 Å². The predicted octanol–water partition coefficient (Wildman–Crippen LogP) is 4.49. The molecule has 1 aromatic rings. The Kier molecular flexibility index (Phi) is 10.4. The summed E-state index contributed by atoms with van der Waals surface area (Å²) in [5.74, 6) is -0.0640. The topological polar surface area (TPSA) is 68.3 Å². The second-order valence-electron chi connectivity index (χ2n) is 8.20. The van der Waals surface area contributed by atoms with Gasteiger partial charge in [-0.2, -0.15) is 0 Å². The molecule has 0 radical (unpaired) electrons. The van der Waals surface area contributed by atoms with Gasteiger partial charge in [-0.25, -0.2) is 9.78 Å². The molecule has 0 aliphatic carbocycles. The van der Waals surface area contributed by atoms with Crippen LogP contribution >= 0.6 is 23.2 Å². The fourth-order valence-corrected chi connectivity index (χ4v) is 4.39. The Labute approximate surface area is 189 Å². The highest BCUT2D eigenvalue weighted by molar-refractivity contribution is 6.34. The lowest BCUT2D eigenvalue weighted by atomic mass is 10.0. The third-order valence-corrected chi connectivity index (χ3v) is 6.40. The van der Waals surface area contributed by atoms with Crippen molar-refractivity contribution in [3.8, 4) is 0 Å². The summed E-state index contributed by atoms with van der Waals surface area (Å²) in [4.78, 5) is 29.0. The van der Waals surface area contributed by atoms with E-state index in [2.05, 4.69) is 24.1 Å². The maximum absolute atomic E-state index is 12.6. The van der Waals surface area contributed by atoms with E-state index in [1.807, 2.05) is 0 Å². The molecule has 1 amide bonds. The van der Waals surface area contributed by atoms with Gasteiger partial charge < -0.3 is 14.5 Å². The van der Waals surface area contributed by atoms with Crippen LogP contribution in [0.5, 0.6) is 0 Å². The number of piperidine rings is 1. The molecule has 0 aromatic carbocycles. The zero-order valence-corrected chi connectivity index (χ0v) is 19.6. The predicted molar refractivity (Wildman–Crippen MR) is 120 cm³/mol. The van der Waals surface area contributed by atoms with Gasteiger partial charge in [0, 0.05) is 0 Å². The van der Waals surface area contributed by atoms with E-state index >= 15 is 0 Å². The Bertz CT molecular complexity index is 709. The monoisotopic (exact) mass is 458 g/mol. The largest absolute Gasteiger partial charge is 0.461 e. The van der Waals surface area contributed by atoms with Crippen LogP contribution in [0.2, 0.25) is 10.2 Å². The lowest BCUT2D eigenvalue weighted by Crippen LogP contribution is -2.57. The molecule has 30 heavy (non-hydrogen) atoms. The Morgan fingerprint density at radius 1 is 1.20 bits per heavy atom.